The van der Waals surface area contributed by atoms with Gasteiger partial charge in [-0.05, 0) is 30.2 Å². The number of ether oxygens (including phenoxy) is 2. The summed E-state index contributed by atoms with van der Waals surface area (Å²) in [6.07, 6.45) is 0.669. The third kappa shape index (κ3) is 4.92. The Labute approximate surface area is 164 Å². The van der Waals surface area contributed by atoms with Crippen LogP contribution in [0, 0.1) is 5.82 Å². The van der Waals surface area contributed by atoms with Crippen molar-refractivity contribution in [3.05, 3.63) is 53.8 Å². The summed E-state index contributed by atoms with van der Waals surface area (Å²) < 4.78 is 24.2. The van der Waals surface area contributed by atoms with Gasteiger partial charge in [0.05, 0.1) is 19.9 Å². The number of carbonyl (C=O) groups excluding carboxylic acids is 1. The summed E-state index contributed by atoms with van der Waals surface area (Å²) >= 11 is 0. The van der Waals surface area contributed by atoms with Gasteiger partial charge in [-0.3, -0.25) is 4.90 Å². The third-order valence-corrected chi connectivity index (χ3v) is 4.97. The number of hydrogen-bond donors (Lipinski definition) is 1. The Bertz CT molecular complexity index is 807. The number of carbonyl (C=O) groups is 1. The molecule has 0 saturated carbocycles. The summed E-state index contributed by atoms with van der Waals surface area (Å²) in [5, 5.41) is 2.90. The van der Waals surface area contributed by atoms with Gasteiger partial charge in [-0.1, -0.05) is 18.2 Å². The molecule has 1 aliphatic rings. The molecule has 0 spiro atoms. The minimum absolute atomic E-state index is 0.155. The highest BCUT2D eigenvalue weighted by molar-refractivity contribution is 5.91. The number of amides is 2. The van der Waals surface area contributed by atoms with E-state index in [1.165, 1.54) is 6.07 Å². The smallest absolute Gasteiger partial charge is 0.322 e. The summed E-state index contributed by atoms with van der Waals surface area (Å²) in [5.74, 6) is 1.06. The molecule has 2 amide bonds. The number of rotatable bonds is 6. The van der Waals surface area contributed by atoms with E-state index in [9.17, 15) is 9.18 Å². The molecule has 0 aliphatic carbocycles. The molecule has 0 atom stereocenters. The molecule has 0 unspecified atom stereocenters. The standard InChI is InChI=1S/C21H26FN3O3/c1-27-17-7-8-19(20(15-17)28-2)23-21(26)25-13-11-24(12-14-25)10-9-16-5-3-4-6-18(16)22/h3-8,15H,9-14H2,1-2H3,(H,23,26). The van der Waals surface area contributed by atoms with Crippen LogP contribution in [0.2, 0.25) is 0 Å². The molecule has 2 aromatic carbocycles. The number of anilines is 1. The van der Waals surface area contributed by atoms with Crippen molar-refractivity contribution in [2.45, 2.75) is 6.42 Å². The summed E-state index contributed by atoms with van der Waals surface area (Å²) in [5.41, 5.74) is 1.34. The van der Waals surface area contributed by atoms with Crippen molar-refractivity contribution < 1.29 is 18.7 Å². The number of nitrogens with one attached hydrogen (secondary N) is 1. The molecule has 28 heavy (non-hydrogen) atoms. The van der Waals surface area contributed by atoms with E-state index in [-0.39, 0.29) is 11.8 Å². The van der Waals surface area contributed by atoms with Gasteiger partial charge < -0.3 is 19.7 Å². The van der Waals surface area contributed by atoms with Crippen LogP contribution in [0.25, 0.3) is 0 Å². The molecule has 2 aromatic rings. The zero-order chi connectivity index (χ0) is 19.9. The van der Waals surface area contributed by atoms with E-state index in [2.05, 4.69) is 10.2 Å². The Morgan fingerprint density at radius 1 is 1.07 bits per heavy atom. The van der Waals surface area contributed by atoms with Crippen LogP contribution in [-0.2, 0) is 6.42 Å². The van der Waals surface area contributed by atoms with Crippen molar-refractivity contribution >= 4 is 11.7 Å². The summed E-state index contributed by atoms with van der Waals surface area (Å²) in [6, 6.07) is 12.0. The maximum Gasteiger partial charge on any atom is 0.322 e. The third-order valence-electron chi connectivity index (χ3n) is 4.97. The first-order chi connectivity index (χ1) is 13.6. The van der Waals surface area contributed by atoms with Gasteiger partial charge in [0.2, 0.25) is 0 Å². The number of piperazine rings is 1. The highest BCUT2D eigenvalue weighted by Crippen LogP contribution is 2.29. The second-order valence-corrected chi connectivity index (χ2v) is 6.67. The van der Waals surface area contributed by atoms with E-state index in [0.717, 1.165) is 25.2 Å². The lowest BCUT2D eigenvalue weighted by molar-refractivity contribution is 0.148. The molecular formula is C21H26FN3O3. The Morgan fingerprint density at radius 2 is 1.82 bits per heavy atom. The Hall–Kier alpha value is -2.80. The van der Waals surface area contributed by atoms with Crippen LogP contribution < -0.4 is 14.8 Å². The van der Waals surface area contributed by atoms with Crippen LogP contribution in [0.5, 0.6) is 11.5 Å². The van der Waals surface area contributed by atoms with Crippen molar-refractivity contribution in [1.82, 2.24) is 9.80 Å². The van der Waals surface area contributed by atoms with Gasteiger partial charge in [-0.25, -0.2) is 9.18 Å². The van der Waals surface area contributed by atoms with E-state index in [0.29, 0.717) is 36.7 Å². The second kappa shape index (κ2) is 9.41. The van der Waals surface area contributed by atoms with Crippen molar-refractivity contribution in [1.29, 1.82) is 0 Å². The Kier molecular flexibility index (Phi) is 6.71. The number of urea groups is 1. The molecule has 0 aromatic heterocycles. The van der Waals surface area contributed by atoms with E-state index >= 15 is 0 Å². The molecule has 0 radical (unpaired) electrons. The lowest BCUT2D eigenvalue weighted by Gasteiger charge is -2.34. The van der Waals surface area contributed by atoms with Gasteiger partial charge in [-0.2, -0.15) is 0 Å². The predicted octanol–water partition coefficient (Wildman–Crippen LogP) is 3.24. The van der Waals surface area contributed by atoms with E-state index in [1.807, 2.05) is 12.1 Å². The first kappa shape index (κ1) is 19.9. The summed E-state index contributed by atoms with van der Waals surface area (Å²) in [6.45, 7) is 3.56. The van der Waals surface area contributed by atoms with Crippen LogP contribution in [0.4, 0.5) is 14.9 Å². The highest BCUT2D eigenvalue weighted by atomic mass is 19.1. The van der Waals surface area contributed by atoms with Crippen LogP contribution in [0.15, 0.2) is 42.5 Å². The average Bonchev–Trinajstić information content (AvgIpc) is 2.73. The summed E-state index contributed by atoms with van der Waals surface area (Å²) in [7, 11) is 3.14. The lowest BCUT2D eigenvalue weighted by atomic mass is 10.1. The van der Waals surface area contributed by atoms with Crippen molar-refractivity contribution in [2.24, 2.45) is 0 Å². The molecule has 0 bridgehead atoms. The van der Waals surface area contributed by atoms with Gasteiger partial charge in [-0.15, -0.1) is 0 Å². The number of benzene rings is 2. The van der Waals surface area contributed by atoms with Gasteiger partial charge in [0.25, 0.3) is 0 Å². The normalized spacial score (nSPS) is 14.6. The first-order valence-corrected chi connectivity index (χ1v) is 9.34. The molecule has 3 rings (SSSR count). The molecular weight excluding hydrogens is 361 g/mol. The van der Waals surface area contributed by atoms with Gasteiger partial charge in [0.15, 0.2) is 0 Å². The second-order valence-electron chi connectivity index (χ2n) is 6.67. The zero-order valence-electron chi connectivity index (χ0n) is 16.3. The monoisotopic (exact) mass is 387 g/mol. The maximum absolute atomic E-state index is 13.7. The van der Waals surface area contributed by atoms with Crippen LogP contribution in [0.3, 0.4) is 0 Å². The van der Waals surface area contributed by atoms with Crippen LogP contribution in [0.1, 0.15) is 5.56 Å². The van der Waals surface area contributed by atoms with E-state index in [4.69, 9.17) is 9.47 Å². The topological polar surface area (TPSA) is 54.0 Å². The quantitative estimate of drug-likeness (QED) is 0.827. The fourth-order valence-electron chi connectivity index (χ4n) is 3.25. The molecule has 1 fully saturated rings. The zero-order valence-corrected chi connectivity index (χ0v) is 16.3. The number of hydrogen-bond acceptors (Lipinski definition) is 4. The minimum Gasteiger partial charge on any atom is -0.497 e. The number of nitrogens with zero attached hydrogens (tertiary/aromatic N) is 2. The molecule has 1 saturated heterocycles. The van der Waals surface area contributed by atoms with E-state index in [1.54, 1.807) is 43.4 Å². The van der Waals surface area contributed by atoms with Crippen LogP contribution >= 0.6 is 0 Å². The predicted molar refractivity (Wildman–Crippen MR) is 107 cm³/mol. The van der Waals surface area contributed by atoms with Gasteiger partial charge in [0, 0.05) is 38.8 Å². The number of methoxy groups -OCH3 is 2. The van der Waals surface area contributed by atoms with Crippen molar-refractivity contribution in [3.8, 4) is 11.5 Å². The molecule has 6 nitrogen and oxygen atoms in total. The van der Waals surface area contributed by atoms with Gasteiger partial charge in [0.1, 0.15) is 17.3 Å². The fourth-order valence-corrected chi connectivity index (χ4v) is 3.25. The molecule has 1 heterocycles. The van der Waals surface area contributed by atoms with Crippen molar-refractivity contribution in [3.63, 3.8) is 0 Å². The highest BCUT2D eigenvalue weighted by Gasteiger charge is 2.22. The molecule has 1 aliphatic heterocycles. The molecule has 7 heteroatoms. The summed E-state index contributed by atoms with van der Waals surface area (Å²) in [4.78, 5) is 16.6. The maximum atomic E-state index is 13.7. The first-order valence-electron chi connectivity index (χ1n) is 9.34. The Balaban J connectivity index is 1.49. The van der Waals surface area contributed by atoms with Crippen LogP contribution in [-0.4, -0.2) is 62.8 Å². The SMILES string of the molecule is COc1ccc(NC(=O)N2CCN(CCc3ccccc3F)CC2)c(OC)c1. The number of halogens is 1. The van der Waals surface area contributed by atoms with Crippen molar-refractivity contribution in [2.75, 3.05) is 52.3 Å². The lowest BCUT2D eigenvalue weighted by Crippen LogP contribution is -2.50. The van der Waals surface area contributed by atoms with Gasteiger partial charge >= 0.3 is 6.03 Å². The minimum atomic E-state index is -0.158. The molecule has 150 valence electrons. The largest absolute Gasteiger partial charge is 0.497 e. The fraction of sp³-hybridized carbons (Fsp3) is 0.381. The molecule has 1 N–H and O–H groups in total. The Morgan fingerprint density at radius 3 is 2.50 bits per heavy atom. The average molecular weight is 387 g/mol. The van der Waals surface area contributed by atoms with E-state index < -0.39 is 0 Å².